The Hall–Kier alpha value is -0.140. The average molecular weight is 255 g/mol. The zero-order valence-electron chi connectivity index (χ0n) is 8.93. The maximum Gasteiger partial charge on any atom is 0.214 e. The highest BCUT2D eigenvalue weighted by Gasteiger charge is 2.27. The molecular weight excluding hydrogens is 238 g/mol. The van der Waals surface area contributed by atoms with Crippen molar-refractivity contribution < 1.29 is 16.8 Å². The number of rotatable bonds is 3. The third kappa shape index (κ3) is 3.73. The Morgan fingerprint density at radius 1 is 1.20 bits per heavy atom. The summed E-state index contributed by atoms with van der Waals surface area (Å²) >= 11 is 0. The molecule has 90 valence electrons. The molecule has 0 aromatic heterocycles. The molecule has 1 aliphatic heterocycles. The lowest BCUT2D eigenvalue weighted by atomic mass is 10.2. The number of sulfone groups is 1. The van der Waals surface area contributed by atoms with E-state index in [4.69, 9.17) is 0 Å². The van der Waals surface area contributed by atoms with Crippen molar-refractivity contribution in [3.63, 3.8) is 0 Å². The number of nitrogens with one attached hydrogen (secondary N) is 1. The molecule has 0 spiro atoms. The van der Waals surface area contributed by atoms with E-state index in [0.717, 1.165) is 0 Å². The highest BCUT2D eigenvalue weighted by Crippen LogP contribution is 2.13. The van der Waals surface area contributed by atoms with Crippen molar-refractivity contribution in [2.24, 2.45) is 0 Å². The first-order valence-electron chi connectivity index (χ1n) is 4.94. The van der Waals surface area contributed by atoms with Crippen molar-refractivity contribution in [1.29, 1.82) is 0 Å². The van der Waals surface area contributed by atoms with Crippen LogP contribution in [-0.2, 0) is 19.9 Å². The fourth-order valence-corrected chi connectivity index (χ4v) is 3.84. The summed E-state index contributed by atoms with van der Waals surface area (Å²) < 4.78 is 47.8. The summed E-state index contributed by atoms with van der Waals surface area (Å²) in [6, 6.07) is -0.221. The van der Waals surface area contributed by atoms with Gasteiger partial charge in [-0.2, -0.15) is 0 Å². The van der Waals surface area contributed by atoms with Gasteiger partial charge in [-0.1, -0.05) is 0 Å². The van der Waals surface area contributed by atoms with Gasteiger partial charge in [0.05, 0.1) is 16.8 Å². The smallest absolute Gasteiger partial charge is 0.214 e. The van der Waals surface area contributed by atoms with Crippen LogP contribution in [0.15, 0.2) is 0 Å². The van der Waals surface area contributed by atoms with Crippen LogP contribution in [0.4, 0.5) is 0 Å². The monoisotopic (exact) mass is 255 g/mol. The maximum absolute atomic E-state index is 11.5. The topological polar surface area (TPSA) is 80.3 Å². The third-order valence-corrected chi connectivity index (χ3v) is 6.12. The van der Waals surface area contributed by atoms with Gasteiger partial charge in [-0.05, 0) is 26.7 Å². The van der Waals surface area contributed by atoms with Gasteiger partial charge in [0.25, 0.3) is 0 Å². The fourth-order valence-electron chi connectivity index (χ4n) is 1.38. The van der Waals surface area contributed by atoms with E-state index in [0.29, 0.717) is 12.8 Å². The Labute approximate surface area is 91.2 Å². The second-order valence-corrected chi connectivity index (χ2v) is 8.71. The van der Waals surface area contributed by atoms with Crippen LogP contribution in [0.25, 0.3) is 0 Å². The van der Waals surface area contributed by atoms with Crippen LogP contribution in [0.5, 0.6) is 0 Å². The summed E-state index contributed by atoms with van der Waals surface area (Å²) in [7, 11) is -6.21. The van der Waals surface area contributed by atoms with Crippen molar-refractivity contribution >= 4 is 19.9 Å². The Morgan fingerprint density at radius 2 is 1.67 bits per heavy atom. The van der Waals surface area contributed by atoms with Gasteiger partial charge in [-0.15, -0.1) is 0 Å². The first kappa shape index (κ1) is 12.9. The normalized spacial score (nSPS) is 23.1. The second-order valence-electron chi connectivity index (χ2n) is 4.14. The minimum Gasteiger partial charge on any atom is -0.229 e. The summed E-state index contributed by atoms with van der Waals surface area (Å²) in [5.74, 6) is 0.163. The molecule has 0 unspecified atom stereocenters. The minimum atomic E-state index is -3.28. The van der Waals surface area contributed by atoms with Crippen molar-refractivity contribution in [2.45, 2.75) is 38.0 Å². The predicted octanol–water partition coefficient (Wildman–Crippen LogP) is -0.109. The molecule has 1 rings (SSSR count). The highest BCUT2D eigenvalue weighted by molar-refractivity contribution is 7.91. The van der Waals surface area contributed by atoms with Gasteiger partial charge in [-0.25, -0.2) is 21.6 Å². The molecule has 1 heterocycles. The van der Waals surface area contributed by atoms with E-state index in [1.54, 1.807) is 13.8 Å². The van der Waals surface area contributed by atoms with Gasteiger partial charge in [0.1, 0.15) is 9.84 Å². The van der Waals surface area contributed by atoms with Crippen LogP contribution < -0.4 is 4.72 Å². The van der Waals surface area contributed by atoms with Crippen LogP contribution >= 0.6 is 0 Å². The van der Waals surface area contributed by atoms with Gasteiger partial charge >= 0.3 is 0 Å². The van der Waals surface area contributed by atoms with Gasteiger partial charge in [-0.3, -0.25) is 0 Å². The molecule has 1 aliphatic rings. The zero-order chi connectivity index (χ0) is 11.7. The molecule has 0 aliphatic carbocycles. The first-order chi connectivity index (χ1) is 6.73. The number of hydrogen-bond donors (Lipinski definition) is 1. The molecule has 0 radical (unpaired) electrons. The molecule has 0 aromatic carbocycles. The maximum atomic E-state index is 11.5. The summed E-state index contributed by atoms with van der Waals surface area (Å²) in [6.07, 6.45) is 0.766. The highest BCUT2D eigenvalue weighted by atomic mass is 32.2. The van der Waals surface area contributed by atoms with Gasteiger partial charge in [0, 0.05) is 6.04 Å². The van der Waals surface area contributed by atoms with E-state index in [9.17, 15) is 16.8 Å². The molecule has 0 amide bonds. The molecule has 0 bridgehead atoms. The van der Waals surface area contributed by atoms with Gasteiger partial charge < -0.3 is 0 Å². The molecule has 1 fully saturated rings. The molecule has 1 saturated heterocycles. The lowest BCUT2D eigenvalue weighted by molar-refractivity contribution is 0.501. The van der Waals surface area contributed by atoms with Crippen molar-refractivity contribution in [2.75, 3.05) is 11.5 Å². The second kappa shape index (κ2) is 4.39. The zero-order valence-corrected chi connectivity index (χ0v) is 10.6. The molecular formula is C8H17NO4S2. The average Bonchev–Trinajstić information content (AvgIpc) is 2.08. The summed E-state index contributed by atoms with van der Waals surface area (Å²) in [4.78, 5) is 0. The van der Waals surface area contributed by atoms with Crippen LogP contribution in [-0.4, -0.2) is 39.6 Å². The molecule has 15 heavy (non-hydrogen) atoms. The summed E-state index contributed by atoms with van der Waals surface area (Å²) in [5.41, 5.74) is 0. The molecule has 7 heteroatoms. The molecule has 5 nitrogen and oxygen atoms in total. The Morgan fingerprint density at radius 3 is 2.07 bits per heavy atom. The van der Waals surface area contributed by atoms with E-state index in [1.807, 2.05) is 0 Å². The van der Waals surface area contributed by atoms with E-state index < -0.39 is 25.1 Å². The van der Waals surface area contributed by atoms with Crippen molar-refractivity contribution in [3.8, 4) is 0 Å². The Bertz CT molecular complexity index is 396. The largest absolute Gasteiger partial charge is 0.229 e. The van der Waals surface area contributed by atoms with Gasteiger partial charge in [0.2, 0.25) is 10.0 Å². The van der Waals surface area contributed by atoms with Gasteiger partial charge in [0.15, 0.2) is 0 Å². The van der Waals surface area contributed by atoms with E-state index in [-0.39, 0.29) is 17.5 Å². The van der Waals surface area contributed by atoms with E-state index in [1.165, 1.54) is 0 Å². The van der Waals surface area contributed by atoms with Crippen LogP contribution in [0, 0.1) is 0 Å². The van der Waals surface area contributed by atoms with E-state index >= 15 is 0 Å². The third-order valence-electron chi connectivity index (χ3n) is 2.51. The lowest BCUT2D eigenvalue weighted by Crippen LogP contribution is -2.43. The molecule has 0 aromatic rings. The molecule has 1 N–H and O–H groups in total. The number of sulfonamides is 1. The fraction of sp³-hybridized carbons (Fsp3) is 1.00. The summed E-state index contributed by atoms with van der Waals surface area (Å²) in [5, 5.41) is -0.476. The standard InChI is InChI=1S/C8H17NO4S2/c1-7(2)15(12,13)9-8-3-5-14(10,11)6-4-8/h7-9H,3-6H2,1-2H3. The number of hydrogen-bond acceptors (Lipinski definition) is 4. The minimum absolute atomic E-state index is 0.0816. The quantitative estimate of drug-likeness (QED) is 0.763. The molecule has 0 atom stereocenters. The Kier molecular flexibility index (Phi) is 3.78. The lowest BCUT2D eigenvalue weighted by Gasteiger charge is -2.23. The van der Waals surface area contributed by atoms with Crippen LogP contribution in [0.2, 0.25) is 0 Å². The first-order valence-corrected chi connectivity index (χ1v) is 8.31. The predicted molar refractivity (Wildman–Crippen MR) is 58.9 cm³/mol. The molecule has 0 saturated carbocycles. The Balaban J connectivity index is 2.57. The van der Waals surface area contributed by atoms with Crippen LogP contribution in [0.1, 0.15) is 26.7 Å². The SMILES string of the molecule is CC(C)S(=O)(=O)NC1CCS(=O)(=O)CC1. The summed E-state index contributed by atoms with van der Waals surface area (Å²) in [6.45, 7) is 3.20. The van der Waals surface area contributed by atoms with Crippen molar-refractivity contribution in [3.05, 3.63) is 0 Å². The van der Waals surface area contributed by atoms with E-state index in [2.05, 4.69) is 4.72 Å². The van der Waals surface area contributed by atoms with Crippen LogP contribution in [0.3, 0.4) is 0 Å². The van der Waals surface area contributed by atoms with Crippen molar-refractivity contribution in [1.82, 2.24) is 4.72 Å².